The Morgan fingerprint density at radius 1 is 1.44 bits per heavy atom. The number of hydrogen-bond donors (Lipinski definition) is 2. The van der Waals surface area contributed by atoms with Crippen molar-refractivity contribution >= 4 is 5.91 Å². The largest absolute Gasteiger partial charge is 0.391 e. The number of aliphatic hydroxyl groups is 1. The summed E-state index contributed by atoms with van der Waals surface area (Å²) in [6.07, 6.45) is 2.90. The number of nitrogens with one attached hydrogen (secondary N) is 1. The standard InChI is InChI=1S/C12H22N2O2/c1-8(2)11(15)7-14-6-5-10(12(14)16)13-9-3-4-9/h8-11,13,15H,3-7H2,1-2H3. The van der Waals surface area contributed by atoms with Crippen molar-refractivity contribution in [3.8, 4) is 0 Å². The quantitative estimate of drug-likeness (QED) is 0.711. The van der Waals surface area contributed by atoms with Gasteiger partial charge in [0.2, 0.25) is 5.91 Å². The van der Waals surface area contributed by atoms with Crippen LogP contribution >= 0.6 is 0 Å². The highest BCUT2D eigenvalue weighted by atomic mass is 16.3. The van der Waals surface area contributed by atoms with E-state index in [1.165, 1.54) is 12.8 Å². The van der Waals surface area contributed by atoms with Gasteiger partial charge in [-0.2, -0.15) is 0 Å². The molecular weight excluding hydrogens is 204 g/mol. The Hall–Kier alpha value is -0.610. The van der Waals surface area contributed by atoms with E-state index in [1.807, 2.05) is 13.8 Å². The van der Waals surface area contributed by atoms with Crippen LogP contribution in [0.5, 0.6) is 0 Å². The van der Waals surface area contributed by atoms with Crippen molar-refractivity contribution in [3.05, 3.63) is 0 Å². The lowest BCUT2D eigenvalue weighted by Crippen LogP contribution is -2.42. The molecule has 2 aliphatic rings. The molecule has 1 saturated heterocycles. The fourth-order valence-electron chi connectivity index (χ4n) is 2.05. The maximum Gasteiger partial charge on any atom is 0.239 e. The Morgan fingerprint density at radius 3 is 2.69 bits per heavy atom. The molecule has 1 amide bonds. The van der Waals surface area contributed by atoms with Gasteiger partial charge < -0.3 is 15.3 Å². The van der Waals surface area contributed by atoms with Gasteiger partial charge in [0.25, 0.3) is 0 Å². The van der Waals surface area contributed by atoms with E-state index >= 15 is 0 Å². The number of amides is 1. The molecule has 2 N–H and O–H groups in total. The number of carbonyl (C=O) groups is 1. The van der Waals surface area contributed by atoms with Crippen LogP contribution in [0.3, 0.4) is 0 Å². The molecule has 0 radical (unpaired) electrons. The van der Waals surface area contributed by atoms with Crippen molar-refractivity contribution in [1.82, 2.24) is 10.2 Å². The Bertz CT molecular complexity index is 264. The lowest BCUT2D eigenvalue weighted by atomic mass is 10.1. The first-order valence-electron chi connectivity index (χ1n) is 6.31. The molecule has 2 fully saturated rings. The van der Waals surface area contributed by atoms with Crippen LogP contribution in [0.4, 0.5) is 0 Å². The highest BCUT2D eigenvalue weighted by Gasteiger charge is 2.36. The van der Waals surface area contributed by atoms with Gasteiger partial charge in [0.05, 0.1) is 12.1 Å². The molecule has 0 aromatic heterocycles. The van der Waals surface area contributed by atoms with Crippen LogP contribution in [0.25, 0.3) is 0 Å². The molecule has 0 bridgehead atoms. The first-order chi connectivity index (χ1) is 7.58. The van der Waals surface area contributed by atoms with Gasteiger partial charge in [0.1, 0.15) is 0 Å². The molecular formula is C12H22N2O2. The number of rotatable bonds is 5. The van der Waals surface area contributed by atoms with Crippen molar-refractivity contribution in [3.63, 3.8) is 0 Å². The second-order valence-electron chi connectivity index (χ2n) is 5.38. The van der Waals surface area contributed by atoms with Gasteiger partial charge in [0, 0.05) is 19.1 Å². The zero-order valence-corrected chi connectivity index (χ0v) is 10.1. The average Bonchev–Trinajstić information content (AvgIpc) is 2.98. The third-order valence-corrected chi connectivity index (χ3v) is 3.49. The number of likely N-dealkylation sites (tertiary alicyclic amines) is 1. The Morgan fingerprint density at radius 2 is 2.12 bits per heavy atom. The van der Waals surface area contributed by atoms with Crippen LogP contribution in [0.1, 0.15) is 33.1 Å². The summed E-state index contributed by atoms with van der Waals surface area (Å²) in [6, 6.07) is 0.579. The topological polar surface area (TPSA) is 52.6 Å². The molecule has 1 saturated carbocycles. The second-order valence-corrected chi connectivity index (χ2v) is 5.38. The number of carbonyl (C=O) groups excluding carboxylic acids is 1. The predicted octanol–water partition coefficient (Wildman–Crippen LogP) is 0.356. The van der Waals surface area contributed by atoms with Crippen LogP contribution in [-0.4, -0.2) is 47.2 Å². The van der Waals surface area contributed by atoms with E-state index in [9.17, 15) is 9.90 Å². The average molecular weight is 226 g/mol. The van der Waals surface area contributed by atoms with Gasteiger partial charge in [-0.25, -0.2) is 0 Å². The Kier molecular flexibility index (Phi) is 3.50. The van der Waals surface area contributed by atoms with E-state index in [0.717, 1.165) is 13.0 Å². The summed E-state index contributed by atoms with van der Waals surface area (Å²) in [6.45, 7) is 5.22. The van der Waals surface area contributed by atoms with Gasteiger partial charge in [0.15, 0.2) is 0 Å². The number of aliphatic hydroxyl groups excluding tert-OH is 1. The summed E-state index contributed by atoms with van der Waals surface area (Å²) in [5, 5.41) is 13.1. The molecule has 4 nitrogen and oxygen atoms in total. The molecule has 92 valence electrons. The van der Waals surface area contributed by atoms with Gasteiger partial charge >= 0.3 is 0 Å². The van der Waals surface area contributed by atoms with E-state index in [0.29, 0.717) is 12.6 Å². The van der Waals surface area contributed by atoms with Crippen LogP contribution < -0.4 is 5.32 Å². The van der Waals surface area contributed by atoms with Crippen LogP contribution in [0, 0.1) is 5.92 Å². The lowest BCUT2D eigenvalue weighted by molar-refractivity contribution is -0.131. The Labute approximate surface area is 97.0 Å². The molecule has 1 aliphatic heterocycles. The zero-order chi connectivity index (χ0) is 11.7. The first kappa shape index (κ1) is 11.9. The Balaban J connectivity index is 1.81. The molecule has 16 heavy (non-hydrogen) atoms. The van der Waals surface area contributed by atoms with Crippen LogP contribution in [0.2, 0.25) is 0 Å². The summed E-state index contributed by atoms with van der Waals surface area (Å²) in [4.78, 5) is 13.8. The minimum absolute atomic E-state index is 0.00635. The van der Waals surface area contributed by atoms with E-state index in [4.69, 9.17) is 0 Å². The second kappa shape index (κ2) is 4.72. The van der Waals surface area contributed by atoms with Gasteiger partial charge in [-0.1, -0.05) is 13.8 Å². The third kappa shape index (κ3) is 2.74. The normalized spacial score (nSPS) is 27.9. The van der Waals surface area contributed by atoms with Crippen molar-refractivity contribution < 1.29 is 9.90 Å². The highest BCUT2D eigenvalue weighted by molar-refractivity contribution is 5.84. The molecule has 0 aromatic rings. The van der Waals surface area contributed by atoms with Gasteiger partial charge in [-0.3, -0.25) is 4.79 Å². The molecule has 2 unspecified atom stereocenters. The third-order valence-electron chi connectivity index (χ3n) is 3.49. The maximum atomic E-state index is 12.0. The zero-order valence-electron chi connectivity index (χ0n) is 10.1. The monoisotopic (exact) mass is 226 g/mol. The molecule has 0 spiro atoms. The summed E-state index contributed by atoms with van der Waals surface area (Å²) < 4.78 is 0. The van der Waals surface area contributed by atoms with Crippen molar-refractivity contribution in [2.24, 2.45) is 5.92 Å². The highest BCUT2D eigenvalue weighted by Crippen LogP contribution is 2.22. The van der Waals surface area contributed by atoms with E-state index in [1.54, 1.807) is 4.90 Å². The maximum absolute atomic E-state index is 12.0. The number of hydrogen-bond acceptors (Lipinski definition) is 3. The number of nitrogens with zero attached hydrogens (tertiary/aromatic N) is 1. The number of β-amino-alcohol motifs (C(OH)–C–C–N with tert-alkyl or cyclic N) is 1. The van der Waals surface area contributed by atoms with Crippen molar-refractivity contribution in [2.45, 2.75) is 51.3 Å². The smallest absolute Gasteiger partial charge is 0.239 e. The summed E-state index contributed by atoms with van der Waals surface area (Å²) in [5.74, 6) is 0.384. The first-order valence-corrected chi connectivity index (χ1v) is 6.31. The molecule has 4 heteroatoms. The minimum atomic E-state index is -0.399. The molecule has 2 rings (SSSR count). The molecule has 1 aliphatic carbocycles. The van der Waals surface area contributed by atoms with E-state index in [2.05, 4.69) is 5.32 Å². The minimum Gasteiger partial charge on any atom is -0.391 e. The van der Waals surface area contributed by atoms with Crippen LogP contribution in [0.15, 0.2) is 0 Å². The fraction of sp³-hybridized carbons (Fsp3) is 0.917. The molecule has 0 aromatic carbocycles. The molecule has 1 heterocycles. The van der Waals surface area contributed by atoms with Crippen LogP contribution in [-0.2, 0) is 4.79 Å². The van der Waals surface area contributed by atoms with Crippen molar-refractivity contribution in [2.75, 3.05) is 13.1 Å². The lowest BCUT2D eigenvalue weighted by Gasteiger charge is -2.22. The SMILES string of the molecule is CC(C)C(O)CN1CCC(NC2CC2)C1=O. The van der Waals surface area contributed by atoms with E-state index < -0.39 is 6.10 Å². The predicted molar refractivity (Wildman–Crippen MR) is 62.0 cm³/mol. The van der Waals surface area contributed by atoms with E-state index in [-0.39, 0.29) is 17.9 Å². The fourth-order valence-corrected chi connectivity index (χ4v) is 2.05. The van der Waals surface area contributed by atoms with Gasteiger partial charge in [-0.05, 0) is 25.2 Å². The summed E-state index contributed by atoms with van der Waals surface area (Å²) in [7, 11) is 0. The van der Waals surface area contributed by atoms with Gasteiger partial charge in [-0.15, -0.1) is 0 Å². The summed E-state index contributed by atoms with van der Waals surface area (Å²) >= 11 is 0. The van der Waals surface area contributed by atoms with Crippen molar-refractivity contribution in [1.29, 1.82) is 0 Å². The molecule has 2 atom stereocenters. The summed E-state index contributed by atoms with van der Waals surface area (Å²) in [5.41, 5.74) is 0.